The molecule has 7 heteroatoms. The highest BCUT2D eigenvalue weighted by Gasteiger charge is 2.18. The van der Waals surface area contributed by atoms with Gasteiger partial charge < -0.3 is 5.73 Å². The molecule has 18 heavy (non-hydrogen) atoms. The van der Waals surface area contributed by atoms with Crippen molar-refractivity contribution >= 4 is 21.5 Å². The Morgan fingerprint density at radius 1 is 1.33 bits per heavy atom. The Balaban J connectivity index is 2.40. The number of hydrogen-bond donors (Lipinski definition) is 2. The van der Waals surface area contributed by atoms with E-state index < -0.39 is 10.0 Å². The minimum atomic E-state index is -3.69. The summed E-state index contributed by atoms with van der Waals surface area (Å²) < 4.78 is 28.2. The maximum absolute atomic E-state index is 12.2. The fourth-order valence-corrected chi connectivity index (χ4v) is 2.78. The van der Waals surface area contributed by atoms with Crippen LogP contribution in [0.4, 0.5) is 11.5 Å². The number of anilines is 2. The van der Waals surface area contributed by atoms with Crippen molar-refractivity contribution in [1.29, 1.82) is 0 Å². The third-order valence-electron chi connectivity index (χ3n) is 2.51. The lowest BCUT2D eigenvalue weighted by atomic mass is 10.2. The molecule has 1 aromatic heterocycles. The van der Waals surface area contributed by atoms with Gasteiger partial charge in [0, 0.05) is 13.1 Å². The zero-order valence-corrected chi connectivity index (χ0v) is 10.9. The van der Waals surface area contributed by atoms with E-state index in [1.165, 1.54) is 16.9 Å². The van der Waals surface area contributed by atoms with E-state index in [-0.39, 0.29) is 10.6 Å². The highest BCUT2D eigenvalue weighted by atomic mass is 32.2. The smallest absolute Gasteiger partial charge is 0.265 e. The molecule has 0 radical (unpaired) electrons. The van der Waals surface area contributed by atoms with E-state index in [1.54, 1.807) is 25.2 Å². The lowest BCUT2D eigenvalue weighted by Crippen LogP contribution is -2.16. The van der Waals surface area contributed by atoms with E-state index in [0.717, 1.165) is 5.56 Å². The summed E-state index contributed by atoms with van der Waals surface area (Å²) in [6, 6.07) is 6.39. The SMILES string of the molecule is Cc1ccc(S(=O)(=O)Nc2ccnn2C)c(N)c1. The van der Waals surface area contributed by atoms with Gasteiger partial charge in [-0.2, -0.15) is 5.10 Å². The van der Waals surface area contributed by atoms with Crippen molar-refractivity contribution in [2.75, 3.05) is 10.5 Å². The first-order valence-electron chi connectivity index (χ1n) is 5.27. The second-order valence-corrected chi connectivity index (χ2v) is 5.64. The number of nitrogens with two attached hydrogens (primary N) is 1. The Kier molecular flexibility index (Phi) is 3.00. The Hall–Kier alpha value is -2.02. The molecule has 0 amide bonds. The van der Waals surface area contributed by atoms with Gasteiger partial charge in [0.25, 0.3) is 10.0 Å². The van der Waals surface area contributed by atoms with E-state index in [4.69, 9.17) is 5.73 Å². The molecule has 0 aliphatic heterocycles. The van der Waals surface area contributed by atoms with Crippen molar-refractivity contribution < 1.29 is 8.42 Å². The minimum absolute atomic E-state index is 0.0642. The van der Waals surface area contributed by atoms with Crippen LogP contribution in [0, 0.1) is 6.92 Å². The van der Waals surface area contributed by atoms with Gasteiger partial charge in [-0.05, 0) is 24.6 Å². The van der Waals surface area contributed by atoms with Crippen LogP contribution in [0.25, 0.3) is 0 Å². The lowest BCUT2D eigenvalue weighted by molar-refractivity contribution is 0.600. The topological polar surface area (TPSA) is 90.0 Å². The average Bonchev–Trinajstić information content (AvgIpc) is 2.63. The molecule has 0 bridgehead atoms. The first kappa shape index (κ1) is 12.4. The fourth-order valence-electron chi connectivity index (χ4n) is 1.58. The number of benzene rings is 1. The van der Waals surface area contributed by atoms with Crippen molar-refractivity contribution in [1.82, 2.24) is 9.78 Å². The molecule has 0 unspecified atom stereocenters. The molecule has 1 heterocycles. The van der Waals surface area contributed by atoms with Crippen LogP contribution in [0.5, 0.6) is 0 Å². The van der Waals surface area contributed by atoms with Crippen LogP contribution < -0.4 is 10.5 Å². The molecule has 0 spiro atoms. The zero-order valence-electron chi connectivity index (χ0n) is 10.1. The van der Waals surface area contributed by atoms with E-state index in [9.17, 15) is 8.42 Å². The molecular weight excluding hydrogens is 252 g/mol. The zero-order chi connectivity index (χ0) is 13.3. The first-order valence-corrected chi connectivity index (χ1v) is 6.75. The number of nitrogens with one attached hydrogen (secondary N) is 1. The molecule has 96 valence electrons. The highest BCUT2D eigenvalue weighted by molar-refractivity contribution is 7.92. The summed E-state index contributed by atoms with van der Waals surface area (Å²) in [5, 5.41) is 3.89. The predicted octanol–water partition coefficient (Wildman–Crippen LogP) is 1.11. The fraction of sp³-hybridized carbons (Fsp3) is 0.182. The third-order valence-corrected chi connectivity index (χ3v) is 3.94. The molecule has 0 saturated carbocycles. The normalized spacial score (nSPS) is 11.4. The standard InChI is InChI=1S/C11H14N4O2S/c1-8-3-4-10(9(12)7-8)18(16,17)14-11-5-6-13-15(11)2/h3-7,14H,12H2,1-2H3. The van der Waals surface area contributed by atoms with E-state index in [1.807, 2.05) is 6.92 Å². The molecule has 1 aromatic carbocycles. The molecule has 0 fully saturated rings. The van der Waals surface area contributed by atoms with Crippen molar-refractivity contribution in [3.8, 4) is 0 Å². The van der Waals surface area contributed by atoms with Gasteiger partial charge in [0.05, 0.1) is 11.9 Å². The predicted molar refractivity (Wildman–Crippen MR) is 69.6 cm³/mol. The molecule has 6 nitrogen and oxygen atoms in total. The Morgan fingerprint density at radius 2 is 2.06 bits per heavy atom. The number of sulfonamides is 1. The second kappa shape index (κ2) is 4.34. The van der Waals surface area contributed by atoms with Crippen LogP contribution in [-0.4, -0.2) is 18.2 Å². The number of nitrogen functional groups attached to an aromatic ring is 1. The van der Waals surface area contributed by atoms with Gasteiger partial charge >= 0.3 is 0 Å². The summed E-state index contributed by atoms with van der Waals surface area (Å²) in [6.45, 7) is 1.85. The van der Waals surface area contributed by atoms with E-state index in [0.29, 0.717) is 5.82 Å². The number of aryl methyl sites for hydroxylation is 2. The molecule has 0 atom stereocenters. The molecular formula is C11H14N4O2S. The summed E-state index contributed by atoms with van der Waals surface area (Å²) >= 11 is 0. The monoisotopic (exact) mass is 266 g/mol. The largest absolute Gasteiger partial charge is 0.398 e. The number of nitrogens with zero attached hydrogens (tertiary/aromatic N) is 2. The lowest BCUT2D eigenvalue weighted by Gasteiger charge is -2.10. The van der Waals surface area contributed by atoms with Gasteiger partial charge in [-0.1, -0.05) is 6.07 Å². The number of hydrogen-bond acceptors (Lipinski definition) is 4. The summed E-state index contributed by atoms with van der Waals surface area (Å²) in [4.78, 5) is 0.0642. The molecule has 2 rings (SSSR count). The number of aromatic nitrogens is 2. The summed E-state index contributed by atoms with van der Waals surface area (Å²) in [6.07, 6.45) is 1.51. The Morgan fingerprint density at radius 3 is 2.61 bits per heavy atom. The highest BCUT2D eigenvalue weighted by Crippen LogP contribution is 2.22. The van der Waals surface area contributed by atoms with Crippen molar-refractivity contribution in [3.63, 3.8) is 0 Å². The second-order valence-electron chi connectivity index (χ2n) is 3.99. The van der Waals surface area contributed by atoms with Crippen LogP contribution in [0.15, 0.2) is 35.4 Å². The van der Waals surface area contributed by atoms with Crippen LogP contribution in [-0.2, 0) is 17.1 Å². The van der Waals surface area contributed by atoms with Gasteiger partial charge in [-0.3, -0.25) is 9.40 Å². The number of rotatable bonds is 3. The van der Waals surface area contributed by atoms with Gasteiger partial charge in [-0.15, -0.1) is 0 Å². The maximum atomic E-state index is 12.2. The van der Waals surface area contributed by atoms with E-state index in [2.05, 4.69) is 9.82 Å². The molecule has 0 aliphatic rings. The maximum Gasteiger partial charge on any atom is 0.265 e. The van der Waals surface area contributed by atoms with Gasteiger partial charge in [0.15, 0.2) is 0 Å². The Labute approximate surface area is 105 Å². The van der Waals surface area contributed by atoms with Crippen molar-refractivity contribution in [3.05, 3.63) is 36.0 Å². The van der Waals surface area contributed by atoms with Crippen molar-refractivity contribution in [2.24, 2.45) is 7.05 Å². The van der Waals surface area contributed by atoms with Gasteiger partial charge in [0.2, 0.25) is 0 Å². The van der Waals surface area contributed by atoms with Gasteiger partial charge in [-0.25, -0.2) is 8.42 Å². The van der Waals surface area contributed by atoms with Crippen LogP contribution in [0.3, 0.4) is 0 Å². The molecule has 3 N–H and O–H groups in total. The van der Waals surface area contributed by atoms with E-state index >= 15 is 0 Å². The van der Waals surface area contributed by atoms with Gasteiger partial charge in [0.1, 0.15) is 10.7 Å². The Bertz CT molecular complexity index is 676. The summed E-state index contributed by atoms with van der Waals surface area (Å²) in [5.74, 6) is 0.384. The van der Waals surface area contributed by atoms with Crippen LogP contribution in [0.1, 0.15) is 5.56 Å². The van der Waals surface area contributed by atoms with Crippen LogP contribution in [0.2, 0.25) is 0 Å². The summed E-state index contributed by atoms with van der Waals surface area (Å²) in [5.41, 5.74) is 6.87. The first-order chi connectivity index (χ1) is 8.40. The van der Waals surface area contributed by atoms with Crippen molar-refractivity contribution in [2.45, 2.75) is 11.8 Å². The summed E-state index contributed by atoms with van der Waals surface area (Å²) in [7, 11) is -2.04. The minimum Gasteiger partial charge on any atom is -0.398 e. The third kappa shape index (κ3) is 2.30. The molecule has 2 aromatic rings. The molecule has 0 saturated heterocycles. The quantitative estimate of drug-likeness (QED) is 0.814. The average molecular weight is 266 g/mol. The van der Waals surface area contributed by atoms with Crippen LogP contribution >= 0.6 is 0 Å². The molecule has 0 aliphatic carbocycles.